The van der Waals surface area contributed by atoms with Gasteiger partial charge >= 0.3 is 0 Å². The van der Waals surface area contributed by atoms with Gasteiger partial charge in [-0.25, -0.2) is 4.99 Å². The zero-order chi connectivity index (χ0) is 20.5. The number of aliphatic imine (C=N–C) groups is 1. The minimum Gasteiger partial charge on any atom is -0.454 e. The van der Waals surface area contributed by atoms with Crippen LogP contribution in [0.2, 0.25) is 0 Å². The largest absolute Gasteiger partial charge is 0.454 e. The zero-order valence-electron chi connectivity index (χ0n) is 17.0. The van der Waals surface area contributed by atoms with E-state index in [9.17, 15) is 4.79 Å². The number of amides is 1. The van der Waals surface area contributed by atoms with Gasteiger partial charge in [0, 0.05) is 33.1 Å². The molecule has 0 aromatic heterocycles. The summed E-state index contributed by atoms with van der Waals surface area (Å²) in [6.07, 6.45) is 0.401. The highest BCUT2D eigenvalue weighted by Gasteiger charge is 2.13. The second-order valence-corrected chi connectivity index (χ2v) is 6.79. The molecule has 7 heteroatoms. The summed E-state index contributed by atoms with van der Waals surface area (Å²) in [5.41, 5.74) is 2.15. The molecule has 0 saturated carbocycles. The molecule has 2 N–H and O–H groups in total. The van der Waals surface area contributed by atoms with E-state index in [0.717, 1.165) is 29.2 Å². The van der Waals surface area contributed by atoms with Gasteiger partial charge in [-0.2, -0.15) is 0 Å². The van der Waals surface area contributed by atoms with E-state index >= 15 is 0 Å². The van der Waals surface area contributed by atoms with E-state index in [2.05, 4.69) is 15.6 Å². The Bertz CT molecular complexity index is 839. The van der Waals surface area contributed by atoms with E-state index in [1.807, 2.05) is 62.5 Å². The lowest BCUT2D eigenvalue weighted by molar-refractivity contribution is -0.130. The molecule has 0 radical (unpaired) electrons. The first-order chi connectivity index (χ1) is 14.2. The number of hydrogen-bond donors (Lipinski definition) is 2. The highest BCUT2D eigenvalue weighted by Crippen LogP contribution is 2.32. The van der Waals surface area contributed by atoms with Crippen molar-refractivity contribution in [2.24, 2.45) is 4.99 Å². The number of hydrogen-bond acceptors (Lipinski definition) is 4. The highest BCUT2D eigenvalue weighted by atomic mass is 16.7. The maximum absolute atomic E-state index is 12.4. The minimum absolute atomic E-state index is 0.0907. The van der Waals surface area contributed by atoms with E-state index in [-0.39, 0.29) is 12.7 Å². The van der Waals surface area contributed by atoms with E-state index < -0.39 is 0 Å². The lowest BCUT2D eigenvalue weighted by atomic mass is 10.2. The van der Waals surface area contributed by atoms with Crippen molar-refractivity contribution in [1.29, 1.82) is 0 Å². The topological polar surface area (TPSA) is 75.2 Å². The second kappa shape index (κ2) is 10.4. The smallest absolute Gasteiger partial charge is 0.231 e. The molecular formula is C22H28N4O3. The average molecular weight is 396 g/mol. The Morgan fingerprint density at radius 2 is 1.86 bits per heavy atom. The van der Waals surface area contributed by atoms with Gasteiger partial charge in [-0.05, 0) is 30.2 Å². The minimum atomic E-state index is 0.0907. The monoisotopic (exact) mass is 396 g/mol. The van der Waals surface area contributed by atoms with Gasteiger partial charge in [-0.3, -0.25) is 4.79 Å². The van der Waals surface area contributed by atoms with Crippen LogP contribution in [-0.2, 0) is 17.9 Å². The van der Waals surface area contributed by atoms with E-state index in [4.69, 9.17) is 9.47 Å². The summed E-state index contributed by atoms with van der Waals surface area (Å²) in [6.45, 7) is 4.65. The fourth-order valence-corrected chi connectivity index (χ4v) is 2.98. The molecule has 2 aromatic rings. The average Bonchev–Trinajstić information content (AvgIpc) is 3.20. The number of carbonyl (C=O) groups is 1. The standard InChI is InChI=1S/C22H28N4O3/c1-3-23-22(25-14-18-9-10-19-20(13-18)29-16-28-19)24-12-11-21(27)26(2)15-17-7-5-4-6-8-17/h4-10,13H,3,11-12,14-16H2,1-2H3,(H2,23,24,25). The molecule has 0 atom stereocenters. The van der Waals surface area contributed by atoms with Gasteiger partial charge in [0.15, 0.2) is 17.5 Å². The molecule has 1 amide bonds. The number of nitrogens with zero attached hydrogens (tertiary/aromatic N) is 2. The molecule has 2 aromatic carbocycles. The normalized spacial score (nSPS) is 12.6. The Balaban J connectivity index is 1.47. The first-order valence-corrected chi connectivity index (χ1v) is 9.84. The molecule has 1 heterocycles. The number of benzene rings is 2. The fourth-order valence-electron chi connectivity index (χ4n) is 2.98. The molecule has 0 unspecified atom stereocenters. The van der Waals surface area contributed by atoms with Gasteiger partial charge < -0.3 is 25.0 Å². The number of fused-ring (bicyclic) bond motifs is 1. The predicted octanol–water partition coefficient (Wildman–Crippen LogP) is 2.52. The molecular weight excluding hydrogens is 368 g/mol. The third kappa shape index (κ3) is 6.14. The summed E-state index contributed by atoms with van der Waals surface area (Å²) in [6, 6.07) is 15.8. The van der Waals surface area contributed by atoms with E-state index in [0.29, 0.717) is 32.0 Å². The molecule has 0 aliphatic carbocycles. The van der Waals surface area contributed by atoms with Crippen LogP contribution in [0, 0.1) is 0 Å². The van der Waals surface area contributed by atoms with Crippen molar-refractivity contribution in [3.05, 3.63) is 59.7 Å². The van der Waals surface area contributed by atoms with Crippen LogP contribution in [-0.4, -0.2) is 43.7 Å². The zero-order valence-corrected chi connectivity index (χ0v) is 17.0. The van der Waals surface area contributed by atoms with Crippen LogP contribution in [0.3, 0.4) is 0 Å². The molecule has 0 fully saturated rings. The number of nitrogens with one attached hydrogen (secondary N) is 2. The van der Waals surface area contributed by atoms with Crippen molar-refractivity contribution in [2.75, 3.05) is 26.9 Å². The fraction of sp³-hybridized carbons (Fsp3) is 0.364. The molecule has 1 aliphatic rings. The van der Waals surface area contributed by atoms with Crippen molar-refractivity contribution in [2.45, 2.75) is 26.4 Å². The maximum Gasteiger partial charge on any atom is 0.231 e. The van der Waals surface area contributed by atoms with Crippen LogP contribution in [0.4, 0.5) is 0 Å². The van der Waals surface area contributed by atoms with Crippen LogP contribution >= 0.6 is 0 Å². The number of guanidine groups is 1. The van der Waals surface area contributed by atoms with Crippen molar-refractivity contribution in [3.63, 3.8) is 0 Å². The van der Waals surface area contributed by atoms with Crippen LogP contribution in [0.15, 0.2) is 53.5 Å². The predicted molar refractivity (Wildman–Crippen MR) is 113 cm³/mol. The Labute approximate surface area is 171 Å². The second-order valence-electron chi connectivity index (χ2n) is 6.79. The molecule has 0 saturated heterocycles. The third-order valence-electron chi connectivity index (χ3n) is 4.52. The SMILES string of the molecule is CCNC(=NCc1ccc2c(c1)OCO2)NCCC(=O)N(C)Cc1ccccc1. The van der Waals surface area contributed by atoms with Gasteiger partial charge in [0.05, 0.1) is 6.54 Å². The quantitative estimate of drug-likeness (QED) is 0.530. The van der Waals surface area contributed by atoms with Crippen molar-refractivity contribution in [1.82, 2.24) is 15.5 Å². The Hall–Kier alpha value is -3.22. The number of ether oxygens (including phenoxy) is 2. The van der Waals surface area contributed by atoms with Crippen molar-refractivity contribution >= 4 is 11.9 Å². The highest BCUT2D eigenvalue weighted by molar-refractivity contribution is 5.81. The first kappa shape index (κ1) is 20.5. The molecule has 1 aliphatic heterocycles. The number of carbonyl (C=O) groups excluding carboxylic acids is 1. The maximum atomic E-state index is 12.4. The van der Waals surface area contributed by atoms with Gasteiger partial charge in [0.25, 0.3) is 0 Å². The summed E-state index contributed by atoms with van der Waals surface area (Å²) in [7, 11) is 1.83. The van der Waals surface area contributed by atoms with Crippen LogP contribution < -0.4 is 20.1 Å². The van der Waals surface area contributed by atoms with Gasteiger partial charge in [-0.15, -0.1) is 0 Å². The van der Waals surface area contributed by atoms with Crippen LogP contribution in [0.1, 0.15) is 24.5 Å². The molecule has 154 valence electrons. The summed E-state index contributed by atoms with van der Waals surface area (Å²) in [5, 5.41) is 6.43. The molecule has 0 spiro atoms. The number of rotatable bonds is 8. The Morgan fingerprint density at radius 1 is 1.07 bits per heavy atom. The molecule has 7 nitrogen and oxygen atoms in total. The third-order valence-corrected chi connectivity index (χ3v) is 4.52. The Morgan fingerprint density at radius 3 is 2.66 bits per heavy atom. The summed E-state index contributed by atoms with van der Waals surface area (Å²) in [4.78, 5) is 18.7. The van der Waals surface area contributed by atoms with Crippen molar-refractivity contribution in [3.8, 4) is 11.5 Å². The van der Waals surface area contributed by atoms with Gasteiger partial charge in [0.1, 0.15) is 0 Å². The summed E-state index contributed by atoms with van der Waals surface area (Å²) in [5.74, 6) is 2.29. The van der Waals surface area contributed by atoms with Gasteiger partial charge in [0.2, 0.25) is 12.7 Å². The van der Waals surface area contributed by atoms with Crippen LogP contribution in [0.5, 0.6) is 11.5 Å². The molecule has 29 heavy (non-hydrogen) atoms. The molecule has 0 bridgehead atoms. The van der Waals surface area contributed by atoms with Gasteiger partial charge in [-0.1, -0.05) is 36.4 Å². The van der Waals surface area contributed by atoms with Crippen LogP contribution in [0.25, 0.3) is 0 Å². The Kier molecular flexibility index (Phi) is 7.33. The lowest BCUT2D eigenvalue weighted by Crippen LogP contribution is -2.39. The summed E-state index contributed by atoms with van der Waals surface area (Å²) < 4.78 is 10.7. The van der Waals surface area contributed by atoms with Crippen molar-refractivity contribution < 1.29 is 14.3 Å². The lowest BCUT2D eigenvalue weighted by Gasteiger charge is -2.18. The molecule has 3 rings (SSSR count). The van der Waals surface area contributed by atoms with E-state index in [1.165, 1.54) is 0 Å². The first-order valence-electron chi connectivity index (χ1n) is 9.84. The summed E-state index contributed by atoms with van der Waals surface area (Å²) >= 11 is 0. The van der Waals surface area contributed by atoms with E-state index in [1.54, 1.807) is 4.90 Å².